The second kappa shape index (κ2) is 8.09. The van der Waals surface area contributed by atoms with Gasteiger partial charge < -0.3 is 25.2 Å². The van der Waals surface area contributed by atoms with Gasteiger partial charge in [-0.3, -0.25) is 0 Å². The van der Waals surface area contributed by atoms with E-state index in [1.807, 2.05) is 30.3 Å². The van der Waals surface area contributed by atoms with Crippen LogP contribution in [0.15, 0.2) is 54.1 Å². The Bertz CT molecular complexity index is 896. The Hall–Kier alpha value is -3.06. The van der Waals surface area contributed by atoms with Gasteiger partial charge in [0.05, 0.1) is 31.0 Å². The van der Waals surface area contributed by atoms with E-state index in [9.17, 15) is 9.90 Å². The van der Waals surface area contributed by atoms with E-state index in [2.05, 4.69) is 10.6 Å². The van der Waals surface area contributed by atoms with E-state index >= 15 is 0 Å². The van der Waals surface area contributed by atoms with Crippen LogP contribution in [-0.2, 0) is 9.53 Å². The van der Waals surface area contributed by atoms with Gasteiger partial charge >= 0.3 is 5.97 Å². The molecular weight excluding hydrogens is 364 g/mol. The number of carbonyl (C=O) groups excluding carboxylic acids is 1. The van der Waals surface area contributed by atoms with Gasteiger partial charge in [-0.2, -0.15) is 0 Å². The molecular formula is C20H20N2O4S. The number of thiocarbonyl (C=S) groups is 1. The molecule has 0 aliphatic carbocycles. The van der Waals surface area contributed by atoms with Crippen LogP contribution in [0.1, 0.15) is 24.1 Å². The highest BCUT2D eigenvalue weighted by Gasteiger charge is 2.35. The molecule has 0 unspecified atom stereocenters. The van der Waals surface area contributed by atoms with Crippen molar-refractivity contribution in [2.24, 2.45) is 0 Å². The van der Waals surface area contributed by atoms with Crippen LogP contribution in [0, 0.1) is 0 Å². The first-order valence-electron chi connectivity index (χ1n) is 8.46. The molecule has 0 saturated carbocycles. The summed E-state index contributed by atoms with van der Waals surface area (Å²) < 4.78 is 10.5. The van der Waals surface area contributed by atoms with Crippen molar-refractivity contribution in [3.05, 3.63) is 65.2 Å². The molecule has 1 aliphatic heterocycles. The second-order valence-corrected chi connectivity index (χ2v) is 6.21. The van der Waals surface area contributed by atoms with Gasteiger partial charge in [-0.25, -0.2) is 4.79 Å². The Morgan fingerprint density at radius 3 is 2.59 bits per heavy atom. The number of phenols is 1. The Morgan fingerprint density at radius 1 is 1.19 bits per heavy atom. The third-order valence-corrected chi connectivity index (χ3v) is 4.41. The van der Waals surface area contributed by atoms with Crippen molar-refractivity contribution >= 4 is 29.0 Å². The highest BCUT2D eigenvalue weighted by molar-refractivity contribution is 7.80. The molecule has 0 bridgehead atoms. The van der Waals surface area contributed by atoms with E-state index in [1.165, 1.54) is 7.11 Å². The van der Waals surface area contributed by atoms with E-state index in [0.717, 1.165) is 5.56 Å². The minimum atomic E-state index is -0.692. The third kappa shape index (κ3) is 3.73. The van der Waals surface area contributed by atoms with Crippen LogP contribution < -0.4 is 15.4 Å². The fourth-order valence-electron chi connectivity index (χ4n) is 3.00. The third-order valence-electron chi connectivity index (χ3n) is 4.19. The summed E-state index contributed by atoms with van der Waals surface area (Å²) in [6.45, 7) is 1.97. The molecule has 7 heteroatoms. The number of aromatic hydroxyl groups is 1. The van der Waals surface area contributed by atoms with Crippen molar-refractivity contribution < 1.29 is 19.4 Å². The molecule has 0 radical (unpaired) electrons. The highest BCUT2D eigenvalue weighted by Crippen LogP contribution is 2.39. The lowest BCUT2D eigenvalue weighted by Gasteiger charge is -2.31. The normalized spacial score (nSPS) is 16.4. The summed E-state index contributed by atoms with van der Waals surface area (Å²) in [6.07, 6.45) is 0. The van der Waals surface area contributed by atoms with Crippen LogP contribution >= 0.6 is 12.2 Å². The summed E-state index contributed by atoms with van der Waals surface area (Å²) in [5.41, 5.74) is 2.14. The van der Waals surface area contributed by atoms with Gasteiger partial charge in [0.25, 0.3) is 0 Å². The van der Waals surface area contributed by atoms with Crippen LogP contribution in [0.25, 0.3) is 5.70 Å². The van der Waals surface area contributed by atoms with Crippen LogP contribution in [0.2, 0.25) is 0 Å². The molecule has 1 atom stereocenters. The number of ether oxygens (including phenoxy) is 2. The topological polar surface area (TPSA) is 79.8 Å². The van der Waals surface area contributed by atoms with E-state index in [-0.39, 0.29) is 12.4 Å². The number of phenolic OH excluding ortho intramolecular Hbond substituents is 1. The van der Waals surface area contributed by atoms with Gasteiger partial charge in [0.2, 0.25) is 0 Å². The first-order valence-corrected chi connectivity index (χ1v) is 8.87. The molecule has 0 amide bonds. The van der Waals surface area contributed by atoms with E-state index in [4.69, 9.17) is 21.7 Å². The standard InChI is InChI=1S/C20H20N2O4S/c1-3-26-19(24)15-16(12-8-5-4-6-9-12)21-20(27)22-17(15)13-10-7-11-14(25-2)18(13)23/h4-11,17,23H,3H2,1-2H3,(H2,21,22,27)/t17-/m0/s1. The molecule has 2 aromatic carbocycles. The minimum absolute atomic E-state index is 0.0589. The molecule has 0 fully saturated rings. The zero-order valence-electron chi connectivity index (χ0n) is 15.0. The lowest BCUT2D eigenvalue weighted by molar-refractivity contribution is -0.138. The van der Waals surface area contributed by atoms with Crippen molar-refractivity contribution in [1.82, 2.24) is 10.6 Å². The number of nitrogens with one attached hydrogen (secondary N) is 2. The summed E-state index contributed by atoms with van der Waals surface area (Å²) in [4.78, 5) is 12.8. The van der Waals surface area contributed by atoms with Crippen molar-refractivity contribution in [2.75, 3.05) is 13.7 Å². The maximum Gasteiger partial charge on any atom is 0.338 e. The largest absolute Gasteiger partial charge is 0.504 e. The van der Waals surface area contributed by atoms with Gasteiger partial charge in [-0.05, 0) is 30.8 Å². The lowest BCUT2D eigenvalue weighted by Crippen LogP contribution is -2.45. The molecule has 6 nitrogen and oxygen atoms in total. The highest BCUT2D eigenvalue weighted by atomic mass is 32.1. The van der Waals surface area contributed by atoms with Crippen LogP contribution in [0.3, 0.4) is 0 Å². The molecule has 1 aliphatic rings. The Kier molecular flexibility index (Phi) is 5.61. The zero-order chi connectivity index (χ0) is 19.4. The molecule has 0 spiro atoms. The summed E-state index contributed by atoms with van der Waals surface area (Å²) >= 11 is 5.35. The van der Waals surface area contributed by atoms with Crippen LogP contribution in [0.4, 0.5) is 0 Å². The molecule has 2 aromatic rings. The van der Waals surface area contributed by atoms with Gasteiger partial charge in [0.15, 0.2) is 16.6 Å². The molecule has 0 aromatic heterocycles. The van der Waals surface area contributed by atoms with Gasteiger partial charge in [-0.1, -0.05) is 42.5 Å². The SMILES string of the molecule is CCOC(=O)C1=C(c2ccccc2)NC(=S)N[C@H]1c1cccc(OC)c1O. The van der Waals surface area contributed by atoms with Crippen molar-refractivity contribution in [2.45, 2.75) is 13.0 Å². The number of methoxy groups -OCH3 is 1. The predicted molar refractivity (Wildman–Crippen MR) is 106 cm³/mol. The first-order chi connectivity index (χ1) is 13.1. The summed E-state index contributed by atoms with van der Waals surface area (Å²) in [6, 6.07) is 13.8. The summed E-state index contributed by atoms with van der Waals surface area (Å²) in [7, 11) is 1.47. The predicted octanol–water partition coefficient (Wildman–Crippen LogP) is 2.89. The minimum Gasteiger partial charge on any atom is -0.504 e. The smallest absolute Gasteiger partial charge is 0.338 e. The maximum atomic E-state index is 12.8. The quantitative estimate of drug-likeness (QED) is 0.540. The number of para-hydroxylation sites is 1. The van der Waals surface area contributed by atoms with Crippen molar-refractivity contribution in [3.8, 4) is 11.5 Å². The Balaban J connectivity index is 2.22. The maximum absolute atomic E-state index is 12.8. The average Bonchev–Trinajstić information content (AvgIpc) is 2.68. The van der Waals surface area contributed by atoms with Gasteiger partial charge in [0, 0.05) is 5.56 Å². The lowest BCUT2D eigenvalue weighted by atomic mass is 9.92. The van der Waals surface area contributed by atoms with E-state index < -0.39 is 12.0 Å². The molecule has 140 valence electrons. The molecule has 3 N–H and O–H groups in total. The number of rotatable bonds is 5. The first kappa shape index (κ1) is 18.7. The summed E-state index contributed by atoms with van der Waals surface area (Å²) in [5.74, 6) is -0.245. The zero-order valence-corrected chi connectivity index (χ0v) is 15.8. The molecule has 3 rings (SSSR count). The Morgan fingerprint density at radius 2 is 1.93 bits per heavy atom. The number of benzene rings is 2. The number of hydrogen-bond acceptors (Lipinski definition) is 5. The fraction of sp³-hybridized carbons (Fsp3) is 0.200. The molecule has 0 saturated heterocycles. The number of carbonyl (C=O) groups is 1. The van der Waals surface area contributed by atoms with Gasteiger partial charge in [0.1, 0.15) is 0 Å². The van der Waals surface area contributed by atoms with Crippen LogP contribution in [0.5, 0.6) is 11.5 Å². The van der Waals surface area contributed by atoms with Crippen LogP contribution in [-0.4, -0.2) is 29.9 Å². The van der Waals surface area contributed by atoms with Gasteiger partial charge in [-0.15, -0.1) is 0 Å². The molecule has 1 heterocycles. The molecule has 27 heavy (non-hydrogen) atoms. The van der Waals surface area contributed by atoms with Crippen molar-refractivity contribution in [1.29, 1.82) is 0 Å². The number of esters is 1. The number of hydrogen-bond donors (Lipinski definition) is 3. The van der Waals surface area contributed by atoms with E-state index in [0.29, 0.717) is 27.7 Å². The monoisotopic (exact) mass is 384 g/mol. The second-order valence-electron chi connectivity index (χ2n) is 5.80. The van der Waals surface area contributed by atoms with Crippen molar-refractivity contribution in [3.63, 3.8) is 0 Å². The van der Waals surface area contributed by atoms with E-state index in [1.54, 1.807) is 25.1 Å². The fourth-order valence-corrected chi connectivity index (χ4v) is 3.22. The average molecular weight is 384 g/mol. The summed E-state index contributed by atoms with van der Waals surface area (Å²) in [5, 5.41) is 17.1. The Labute approximate surface area is 162 Å².